The number of hydrogen-bond acceptors (Lipinski definition) is 2. The minimum atomic E-state index is 0.384. The molecule has 3 nitrogen and oxygen atoms in total. The van der Waals surface area contributed by atoms with Crippen molar-refractivity contribution in [2.24, 2.45) is 5.92 Å². The van der Waals surface area contributed by atoms with Crippen molar-refractivity contribution in [3.63, 3.8) is 0 Å². The molecule has 2 rings (SSSR count). The first kappa shape index (κ1) is 16.4. The third-order valence-electron chi connectivity index (χ3n) is 3.10. The van der Waals surface area contributed by atoms with Crippen LogP contribution in [-0.4, -0.2) is 48.9 Å². The number of piperidine rings is 1. The van der Waals surface area contributed by atoms with Crippen LogP contribution in [0.15, 0.2) is 0 Å². The van der Waals surface area contributed by atoms with E-state index in [-0.39, 0.29) is 0 Å². The van der Waals surface area contributed by atoms with E-state index in [0.717, 1.165) is 32.6 Å². The van der Waals surface area contributed by atoms with E-state index in [9.17, 15) is 4.79 Å². The number of rotatable bonds is 2. The van der Waals surface area contributed by atoms with E-state index >= 15 is 0 Å². The Bertz CT molecular complexity index is 194. The van der Waals surface area contributed by atoms with Crippen LogP contribution in [0, 0.1) is 5.92 Å². The number of carbonyl (C=O) groups excluding carboxylic acids is 1. The van der Waals surface area contributed by atoms with Gasteiger partial charge >= 0.3 is 0 Å². The van der Waals surface area contributed by atoms with Crippen LogP contribution in [-0.2, 0) is 4.79 Å². The van der Waals surface area contributed by atoms with Gasteiger partial charge in [-0.2, -0.15) is 0 Å². The van der Waals surface area contributed by atoms with Gasteiger partial charge in [0.25, 0.3) is 0 Å². The quantitative estimate of drug-likeness (QED) is 0.695. The van der Waals surface area contributed by atoms with Crippen LogP contribution < -0.4 is 0 Å². The molecule has 1 amide bonds. The summed E-state index contributed by atoms with van der Waals surface area (Å²) in [7, 11) is 2.16. The second-order valence-electron chi connectivity index (χ2n) is 4.33. The lowest BCUT2D eigenvalue weighted by atomic mass is 9.93. The van der Waals surface area contributed by atoms with Gasteiger partial charge in [0.05, 0.1) is 0 Å². The van der Waals surface area contributed by atoms with Crippen LogP contribution in [0.3, 0.4) is 0 Å². The first-order chi connectivity index (χ1) is 8.25. The molecule has 0 radical (unpaired) electrons. The highest BCUT2D eigenvalue weighted by atomic mass is 16.2. The first-order valence-corrected chi connectivity index (χ1v) is 7.22. The Kier molecular flexibility index (Phi) is 9.14. The summed E-state index contributed by atoms with van der Waals surface area (Å²) in [4.78, 5) is 15.8. The van der Waals surface area contributed by atoms with Gasteiger partial charge in [-0.05, 0) is 38.9 Å². The van der Waals surface area contributed by atoms with Gasteiger partial charge in [-0.15, -0.1) is 0 Å². The lowest BCUT2D eigenvalue weighted by molar-refractivity contribution is -0.127. The molecule has 102 valence electrons. The third-order valence-corrected chi connectivity index (χ3v) is 3.10. The summed E-state index contributed by atoms with van der Waals surface area (Å²) in [5.74, 6) is 1.04. The summed E-state index contributed by atoms with van der Waals surface area (Å²) in [6, 6.07) is 0. The van der Waals surface area contributed by atoms with Crippen molar-refractivity contribution in [2.45, 2.75) is 47.0 Å². The molecule has 17 heavy (non-hydrogen) atoms. The maximum Gasteiger partial charge on any atom is 0.222 e. The Morgan fingerprint density at radius 3 is 1.88 bits per heavy atom. The Labute approximate surface area is 107 Å². The Hall–Kier alpha value is -0.570. The SMILES string of the molecule is CC.CC.CN1CCC(CC(=O)N2CC2)CC1. The van der Waals surface area contributed by atoms with Crippen LogP contribution in [0.5, 0.6) is 0 Å². The highest BCUT2D eigenvalue weighted by Gasteiger charge is 2.27. The average Bonchev–Trinajstić information content (AvgIpc) is 3.21. The summed E-state index contributed by atoms with van der Waals surface area (Å²) in [5, 5.41) is 0. The lowest BCUT2D eigenvalue weighted by Crippen LogP contribution is -2.31. The van der Waals surface area contributed by atoms with Gasteiger partial charge in [0.1, 0.15) is 0 Å². The largest absolute Gasteiger partial charge is 0.339 e. The molecule has 0 aromatic carbocycles. The van der Waals surface area contributed by atoms with E-state index in [4.69, 9.17) is 0 Å². The molecule has 2 aliphatic rings. The molecular formula is C14H30N2O. The van der Waals surface area contributed by atoms with Gasteiger partial charge in [0.2, 0.25) is 5.91 Å². The smallest absolute Gasteiger partial charge is 0.222 e. The van der Waals surface area contributed by atoms with E-state index in [1.54, 1.807) is 0 Å². The molecule has 2 aliphatic heterocycles. The van der Waals surface area contributed by atoms with Crippen molar-refractivity contribution in [1.29, 1.82) is 0 Å². The van der Waals surface area contributed by atoms with E-state index in [0.29, 0.717) is 11.8 Å². The molecule has 0 saturated carbocycles. The molecule has 2 heterocycles. The Balaban J connectivity index is 0.000000581. The fourth-order valence-corrected chi connectivity index (χ4v) is 1.94. The molecule has 0 atom stereocenters. The van der Waals surface area contributed by atoms with Crippen molar-refractivity contribution in [3.05, 3.63) is 0 Å². The highest BCUT2D eigenvalue weighted by molar-refractivity contribution is 5.78. The molecule has 0 spiro atoms. The number of carbonyl (C=O) groups is 1. The molecule has 2 fully saturated rings. The molecule has 2 saturated heterocycles. The summed E-state index contributed by atoms with van der Waals surface area (Å²) >= 11 is 0. The molecule has 0 aromatic rings. The Morgan fingerprint density at radius 2 is 1.47 bits per heavy atom. The number of hydrogen-bond donors (Lipinski definition) is 0. The van der Waals surface area contributed by atoms with Crippen LogP contribution in [0.4, 0.5) is 0 Å². The summed E-state index contributed by atoms with van der Waals surface area (Å²) in [6.07, 6.45) is 3.21. The first-order valence-electron chi connectivity index (χ1n) is 7.22. The minimum absolute atomic E-state index is 0.384. The van der Waals surface area contributed by atoms with Gasteiger partial charge in [-0.25, -0.2) is 0 Å². The van der Waals surface area contributed by atoms with E-state index < -0.39 is 0 Å². The molecule has 3 heteroatoms. The summed E-state index contributed by atoms with van der Waals surface area (Å²) in [6.45, 7) is 12.3. The van der Waals surface area contributed by atoms with Gasteiger partial charge in [0.15, 0.2) is 0 Å². The zero-order valence-corrected chi connectivity index (χ0v) is 12.3. The molecule has 0 aliphatic carbocycles. The normalized spacial score (nSPS) is 19.7. The van der Waals surface area contributed by atoms with Gasteiger partial charge in [-0.1, -0.05) is 27.7 Å². The zero-order valence-electron chi connectivity index (χ0n) is 12.3. The van der Waals surface area contributed by atoms with Crippen LogP contribution in [0.1, 0.15) is 47.0 Å². The topological polar surface area (TPSA) is 23.3 Å². The maximum absolute atomic E-state index is 11.5. The van der Waals surface area contributed by atoms with Gasteiger partial charge < -0.3 is 9.80 Å². The minimum Gasteiger partial charge on any atom is -0.339 e. The number of likely N-dealkylation sites (tertiary alicyclic amines) is 1. The number of amides is 1. The molecule has 0 aromatic heterocycles. The van der Waals surface area contributed by atoms with Crippen molar-refractivity contribution in [2.75, 3.05) is 33.2 Å². The van der Waals surface area contributed by atoms with Crippen LogP contribution >= 0.6 is 0 Å². The van der Waals surface area contributed by atoms with Crippen LogP contribution in [0.25, 0.3) is 0 Å². The Morgan fingerprint density at radius 1 is 1.00 bits per heavy atom. The van der Waals surface area contributed by atoms with Crippen molar-refractivity contribution < 1.29 is 4.79 Å². The predicted molar refractivity (Wildman–Crippen MR) is 74.1 cm³/mol. The van der Waals surface area contributed by atoms with Crippen molar-refractivity contribution in [3.8, 4) is 0 Å². The van der Waals surface area contributed by atoms with Crippen molar-refractivity contribution >= 4 is 5.91 Å². The molecule has 0 N–H and O–H groups in total. The van der Waals surface area contributed by atoms with Gasteiger partial charge in [0, 0.05) is 19.5 Å². The van der Waals surface area contributed by atoms with Gasteiger partial charge in [-0.3, -0.25) is 4.79 Å². The zero-order chi connectivity index (χ0) is 13.3. The fraction of sp³-hybridized carbons (Fsp3) is 0.929. The lowest BCUT2D eigenvalue weighted by Gasteiger charge is -2.28. The molecule has 0 unspecified atom stereocenters. The van der Waals surface area contributed by atoms with Crippen molar-refractivity contribution in [1.82, 2.24) is 9.80 Å². The highest BCUT2D eigenvalue weighted by Crippen LogP contribution is 2.21. The summed E-state index contributed by atoms with van der Waals surface area (Å²) in [5.41, 5.74) is 0. The fourth-order valence-electron chi connectivity index (χ4n) is 1.94. The second kappa shape index (κ2) is 9.46. The van der Waals surface area contributed by atoms with E-state index in [1.165, 1.54) is 12.8 Å². The van der Waals surface area contributed by atoms with E-state index in [1.807, 2.05) is 32.6 Å². The maximum atomic E-state index is 11.5. The summed E-state index contributed by atoms with van der Waals surface area (Å²) < 4.78 is 0. The van der Waals surface area contributed by atoms with Crippen LogP contribution in [0.2, 0.25) is 0 Å². The third kappa shape index (κ3) is 6.67. The predicted octanol–water partition coefficient (Wildman–Crippen LogP) is 2.61. The van der Waals surface area contributed by atoms with E-state index in [2.05, 4.69) is 11.9 Å². The monoisotopic (exact) mass is 242 g/mol. The number of nitrogens with zero attached hydrogens (tertiary/aromatic N) is 2. The standard InChI is InChI=1S/C10H18N2O.2C2H6/c1-11-4-2-9(3-5-11)8-10(13)12-6-7-12;2*1-2/h9H,2-8H2,1H3;2*1-2H3. The molecule has 0 bridgehead atoms. The second-order valence-corrected chi connectivity index (χ2v) is 4.33. The average molecular weight is 242 g/mol. The molecular weight excluding hydrogens is 212 g/mol.